The van der Waals surface area contributed by atoms with Crippen LogP contribution in [0.3, 0.4) is 0 Å². The predicted octanol–water partition coefficient (Wildman–Crippen LogP) is 2.58. The van der Waals surface area contributed by atoms with Crippen LogP contribution < -0.4 is 5.32 Å². The summed E-state index contributed by atoms with van der Waals surface area (Å²) in [7, 11) is 0. The Morgan fingerprint density at radius 1 is 1.35 bits per heavy atom. The minimum atomic E-state index is -0.0514. The Morgan fingerprint density at radius 3 is 2.80 bits per heavy atom. The minimum absolute atomic E-state index is 0.0514. The first-order valence-corrected chi connectivity index (χ1v) is 7.09. The van der Waals surface area contributed by atoms with Gasteiger partial charge in [0.2, 0.25) is 5.91 Å². The molecule has 4 nitrogen and oxygen atoms in total. The lowest BCUT2D eigenvalue weighted by Gasteiger charge is -2.15. The van der Waals surface area contributed by atoms with Crippen molar-refractivity contribution in [1.29, 1.82) is 0 Å². The smallest absolute Gasteiger partial charge is 0.227 e. The highest BCUT2D eigenvalue weighted by molar-refractivity contribution is 5.83. The first kappa shape index (κ1) is 14.3. The molecule has 0 fully saturated rings. The fourth-order valence-electron chi connectivity index (χ4n) is 2.27. The Bertz CT molecular complexity index is 508. The zero-order chi connectivity index (χ0) is 14.2. The molecule has 1 N–H and O–H groups in total. The zero-order valence-corrected chi connectivity index (χ0v) is 11.8. The van der Waals surface area contributed by atoms with E-state index in [9.17, 15) is 4.79 Å². The number of aryl methyl sites for hydroxylation is 1. The molecule has 0 radical (unpaired) electrons. The third kappa shape index (κ3) is 3.95. The average Bonchev–Trinajstić information content (AvgIpc) is 2.99. The number of hydrogen-bond donors (Lipinski definition) is 1. The van der Waals surface area contributed by atoms with Gasteiger partial charge >= 0.3 is 0 Å². The Labute approximate surface area is 119 Å². The first-order chi connectivity index (χ1) is 9.81. The van der Waals surface area contributed by atoms with E-state index in [1.165, 1.54) is 0 Å². The maximum Gasteiger partial charge on any atom is 0.227 e. The van der Waals surface area contributed by atoms with Gasteiger partial charge in [-0.1, -0.05) is 37.3 Å². The molecule has 0 spiro atoms. The Balaban J connectivity index is 1.78. The SMILES string of the molecule is CC[C@H](C(=O)NCCCn1ccnc1)c1ccccc1. The van der Waals surface area contributed by atoms with Crippen LogP contribution in [0.5, 0.6) is 0 Å². The van der Waals surface area contributed by atoms with Crippen molar-refractivity contribution in [3.05, 3.63) is 54.6 Å². The molecule has 1 atom stereocenters. The monoisotopic (exact) mass is 271 g/mol. The molecule has 4 heteroatoms. The summed E-state index contributed by atoms with van der Waals surface area (Å²) in [4.78, 5) is 16.2. The molecule has 1 aromatic carbocycles. The van der Waals surface area contributed by atoms with Gasteiger partial charge in [0, 0.05) is 25.5 Å². The number of benzene rings is 1. The average molecular weight is 271 g/mol. The van der Waals surface area contributed by atoms with Crippen LogP contribution in [0.4, 0.5) is 0 Å². The van der Waals surface area contributed by atoms with Gasteiger partial charge in [0.15, 0.2) is 0 Å². The standard InChI is InChI=1S/C16H21N3O/c1-2-15(14-7-4-3-5-8-14)16(20)18-9-6-11-19-12-10-17-13-19/h3-5,7-8,10,12-13,15H,2,6,9,11H2,1H3,(H,18,20)/t15-/m0/s1. The fraction of sp³-hybridized carbons (Fsp3) is 0.375. The number of carbonyl (C=O) groups is 1. The molecule has 0 aliphatic heterocycles. The van der Waals surface area contributed by atoms with Gasteiger partial charge in [-0.3, -0.25) is 4.79 Å². The van der Waals surface area contributed by atoms with Crippen LogP contribution in [0, 0.1) is 0 Å². The molecule has 106 valence electrons. The molecule has 0 aliphatic carbocycles. The quantitative estimate of drug-likeness (QED) is 0.787. The van der Waals surface area contributed by atoms with E-state index in [1.54, 1.807) is 12.5 Å². The van der Waals surface area contributed by atoms with Crippen molar-refractivity contribution in [2.24, 2.45) is 0 Å². The second-order valence-electron chi connectivity index (χ2n) is 4.82. The number of nitrogens with one attached hydrogen (secondary N) is 1. The molecule has 2 rings (SSSR count). The highest BCUT2D eigenvalue weighted by atomic mass is 16.1. The first-order valence-electron chi connectivity index (χ1n) is 7.09. The van der Waals surface area contributed by atoms with Gasteiger partial charge in [0.1, 0.15) is 0 Å². The number of imidazole rings is 1. The summed E-state index contributed by atoms with van der Waals surface area (Å²) in [6, 6.07) is 9.95. The summed E-state index contributed by atoms with van der Waals surface area (Å²) >= 11 is 0. The van der Waals surface area contributed by atoms with Crippen molar-refractivity contribution in [2.75, 3.05) is 6.54 Å². The Hall–Kier alpha value is -2.10. The maximum absolute atomic E-state index is 12.2. The number of nitrogens with zero attached hydrogens (tertiary/aromatic N) is 2. The highest BCUT2D eigenvalue weighted by Gasteiger charge is 2.17. The molecule has 2 aromatic rings. The third-order valence-corrected chi connectivity index (χ3v) is 3.38. The maximum atomic E-state index is 12.2. The van der Waals surface area contributed by atoms with Crippen molar-refractivity contribution in [2.45, 2.75) is 32.2 Å². The summed E-state index contributed by atoms with van der Waals surface area (Å²) in [5.74, 6) is 0.0637. The summed E-state index contributed by atoms with van der Waals surface area (Å²) < 4.78 is 2.01. The molecule has 20 heavy (non-hydrogen) atoms. The second kappa shape index (κ2) is 7.48. The molecule has 0 aliphatic rings. The van der Waals surface area contributed by atoms with E-state index in [2.05, 4.69) is 10.3 Å². The molecule has 1 heterocycles. The van der Waals surface area contributed by atoms with Crippen LogP contribution >= 0.6 is 0 Å². The van der Waals surface area contributed by atoms with E-state index >= 15 is 0 Å². The number of aromatic nitrogens is 2. The van der Waals surface area contributed by atoms with Crippen molar-refractivity contribution in [1.82, 2.24) is 14.9 Å². The van der Waals surface area contributed by atoms with E-state index in [1.807, 2.05) is 48.0 Å². The predicted molar refractivity (Wildman–Crippen MR) is 79.3 cm³/mol. The second-order valence-corrected chi connectivity index (χ2v) is 4.82. The summed E-state index contributed by atoms with van der Waals surface area (Å²) in [6.45, 7) is 3.62. The lowest BCUT2D eigenvalue weighted by atomic mass is 9.96. The van der Waals surface area contributed by atoms with E-state index in [-0.39, 0.29) is 11.8 Å². The lowest BCUT2D eigenvalue weighted by molar-refractivity contribution is -0.122. The normalized spacial score (nSPS) is 12.1. The zero-order valence-electron chi connectivity index (χ0n) is 11.8. The van der Waals surface area contributed by atoms with Crippen LogP contribution in [-0.2, 0) is 11.3 Å². The topological polar surface area (TPSA) is 46.9 Å². The number of amides is 1. The summed E-state index contributed by atoms with van der Waals surface area (Å²) in [5.41, 5.74) is 1.09. The third-order valence-electron chi connectivity index (χ3n) is 3.38. The molecule has 0 saturated carbocycles. The largest absolute Gasteiger partial charge is 0.356 e. The van der Waals surface area contributed by atoms with E-state index < -0.39 is 0 Å². The van der Waals surface area contributed by atoms with E-state index in [0.717, 1.165) is 24.9 Å². The van der Waals surface area contributed by atoms with Gasteiger partial charge in [-0.2, -0.15) is 0 Å². The number of hydrogen-bond acceptors (Lipinski definition) is 2. The van der Waals surface area contributed by atoms with Crippen LogP contribution in [0.15, 0.2) is 49.1 Å². The van der Waals surface area contributed by atoms with Crippen molar-refractivity contribution in [3.8, 4) is 0 Å². The van der Waals surface area contributed by atoms with Crippen molar-refractivity contribution >= 4 is 5.91 Å². The summed E-state index contributed by atoms with van der Waals surface area (Å²) in [6.07, 6.45) is 7.22. The Morgan fingerprint density at radius 2 is 2.15 bits per heavy atom. The van der Waals surface area contributed by atoms with Gasteiger partial charge in [-0.15, -0.1) is 0 Å². The number of carbonyl (C=O) groups excluding carboxylic acids is 1. The number of rotatable bonds is 7. The minimum Gasteiger partial charge on any atom is -0.356 e. The molecule has 1 amide bonds. The van der Waals surface area contributed by atoms with Crippen molar-refractivity contribution < 1.29 is 4.79 Å². The Kier molecular flexibility index (Phi) is 5.35. The fourth-order valence-corrected chi connectivity index (χ4v) is 2.27. The van der Waals surface area contributed by atoms with Crippen LogP contribution in [0.25, 0.3) is 0 Å². The molecule has 0 unspecified atom stereocenters. The van der Waals surface area contributed by atoms with Crippen molar-refractivity contribution in [3.63, 3.8) is 0 Å². The van der Waals surface area contributed by atoms with Gasteiger partial charge in [-0.05, 0) is 18.4 Å². The van der Waals surface area contributed by atoms with Crippen LogP contribution in [0.1, 0.15) is 31.2 Å². The molecular formula is C16H21N3O. The summed E-state index contributed by atoms with van der Waals surface area (Å²) in [5, 5.41) is 3.02. The van der Waals surface area contributed by atoms with Gasteiger partial charge in [0.25, 0.3) is 0 Å². The molecule has 0 bridgehead atoms. The molecular weight excluding hydrogens is 250 g/mol. The van der Waals surface area contributed by atoms with Gasteiger partial charge < -0.3 is 9.88 Å². The van der Waals surface area contributed by atoms with Gasteiger partial charge in [-0.25, -0.2) is 4.98 Å². The lowest BCUT2D eigenvalue weighted by Crippen LogP contribution is -2.30. The van der Waals surface area contributed by atoms with Crippen LogP contribution in [0.2, 0.25) is 0 Å². The molecule has 0 saturated heterocycles. The van der Waals surface area contributed by atoms with Gasteiger partial charge in [0.05, 0.1) is 12.2 Å². The van der Waals surface area contributed by atoms with Crippen LogP contribution in [-0.4, -0.2) is 22.0 Å². The van der Waals surface area contributed by atoms with E-state index in [0.29, 0.717) is 6.54 Å². The molecule has 1 aromatic heterocycles. The van der Waals surface area contributed by atoms with E-state index in [4.69, 9.17) is 0 Å². The highest BCUT2D eigenvalue weighted by Crippen LogP contribution is 2.18.